The first kappa shape index (κ1) is 48.7. The van der Waals surface area contributed by atoms with Gasteiger partial charge in [-0.15, -0.1) is 6.58 Å². The monoisotopic (exact) mass is 852 g/mol. The maximum absolute atomic E-state index is 9.92. The molecule has 0 amide bonds. The maximum Gasteiger partial charge on any atom is 0.230 e. The molecule has 0 bridgehead atoms. The first-order valence-corrected chi connectivity index (χ1v) is 25.4. The zero-order valence-corrected chi connectivity index (χ0v) is 38.2. The minimum absolute atomic E-state index is 0.0347. The minimum Gasteiger partial charge on any atom is -0.490 e. The average Bonchev–Trinajstić information content (AvgIpc) is 3.27. The summed E-state index contributed by atoms with van der Waals surface area (Å²) in [6.45, 7) is 12.1. The molecule has 4 aliphatic rings. The molecular weight excluding hydrogens is 771 g/mol. The molecular formula is C51H81NO7S. The largest absolute Gasteiger partial charge is 0.490 e. The molecule has 1 saturated heterocycles. The van der Waals surface area contributed by atoms with Gasteiger partial charge in [0.2, 0.25) is 12.1 Å². The summed E-state index contributed by atoms with van der Waals surface area (Å²) in [5.74, 6) is 2.11. The van der Waals surface area contributed by atoms with Gasteiger partial charge in [-0.3, -0.25) is 0 Å². The second-order valence-corrected chi connectivity index (χ2v) is 19.0. The number of allylic oxidation sites excluding steroid dienone is 1. The van der Waals surface area contributed by atoms with E-state index in [0.29, 0.717) is 26.2 Å². The van der Waals surface area contributed by atoms with Crippen molar-refractivity contribution < 1.29 is 34.0 Å². The number of benzene rings is 1. The molecule has 2 heterocycles. The van der Waals surface area contributed by atoms with Crippen molar-refractivity contribution in [3.63, 3.8) is 0 Å². The molecule has 2 aliphatic heterocycles. The zero-order chi connectivity index (χ0) is 42.3. The Morgan fingerprint density at radius 2 is 1.52 bits per heavy atom. The lowest BCUT2D eigenvalue weighted by Crippen LogP contribution is -2.64. The van der Waals surface area contributed by atoms with Crippen molar-refractivity contribution in [2.75, 3.05) is 38.8 Å². The third kappa shape index (κ3) is 14.1. The lowest BCUT2D eigenvalue weighted by atomic mass is 9.56. The highest BCUT2D eigenvalue weighted by Gasteiger charge is 2.64. The van der Waals surface area contributed by atoms with Crippen LogP contribution in [0.4, 0.5) is 0 Å². The van der Waals surface area contributed by atoms with E-state index in [0.717, 1.165) is 98.3 Å². The maximum atomic E-state index is 9.92. The number of unbranched alkanes of at least 4 members (excludes halogenated alkanes) is 15. The summed E-state index contributed by atoms with van der Waals surface area (Å²) in [5.41, 5.74) is 3.27. The lowest BCUT2D eigenvalue weighted by molar-refractivity contribution is -0.223. The molecule has 1 aromatic carbocycles. The summed E-state index contributed by atoms with van der Waals surface area (Å²) in [4.78, 5) is 6.29. The predicted octanol–water partition coefficient (Wildman–Crippen LogP) is 12.6. The van der Waals surface area contributed by atoms with Gasteiger partial charge in [0.15, 0.2) is 0 Å². The molecule has 60 heavy (non-hydrogen) atoms. The Hall–Kier alpha value is -2.30. The molecule has 8 nitrogen and oxygen atoms in total. The van der Waals surface area contributed by atoms with Crippen molar-refractivity contribution in [2.45, 2.75) is 184 Å². The van der Waals surface area contributed by atoms with Gasteiger partial charge in [-0.1, -0.05) is 133 Å². The first-order valence-electron chi connectivity index (χ1n) is 24.3. The van der Waals surface area contributed by atoms with Crippen molar-refractivity contribution in [2.24, 2.45) is 22.9 Å². The number of oxime groups is 1. The van der Waals surface area contributed by atoms with E-state index in [1.54, 1.807) is 6.08 Å². The predicted molar refractivity (Wildman–Crippen MR) is 248 cm³/mol. The van der Waals surface area contributed by atoms with Crippen molar-refractivity contribution in [3.8, 4) is 11.5 Å². The van der Waals surface area contributed by atoms with Gasteiger partial charge in [0.05, 0.1) is 30.1 Å². The smallest absolute Gasteiger partial charge is 0.230 e. The number of ether oxygens (including phenoxy) is 4. The van der Waals surface area contributed by atoms with E-state index in [9.17, 15) is 10.2 Å². The molecule has 2 fully saturated rings. The summed E-state index contributed by atoms with van der Waals surface area (Å²) < 4.78 is 26.6. The minimum atomic E-state index is -0.951. The summed E-state index contributed by atoms with van der Waals surface area (Å²) in [7, 11) is 0. The topological polar surface area (TPSA) is 99.0 Å². The Morgan fingerprint density at radius 3 is 2.17 bits per heavy atom. The molecule has 7 unspecified atom stereocenters. The number of nitrogens with zero attached hydrogens (tertiary/aromatic N) is 1. The van der Waals surface area contributed by atoms with Crippen LogP contribution in [0.5, 0.6) is 11.5 Å². The summed E-state index contributed by atoms with van der Waals surface area (Å²) in [6, 6.07) is 6.27. The molecule has 9 heteroatoms. The SMILES string of the molecule is C=CCOc1ccc2c(c1)C1C(CCCCO)C(CCCCO)C=C3C(=NOC4CCCCO4)CC(SCCCCCCCCCCCCCCCC)C(OCC=C)(O2)C31. The third-order valence-electron chi connectivity index (χ3n) is 13.2. The number of fused-ring (bicyclic) bond motifs is 2. The van der Waals surface area contributed by atoms with Crippen LogP contribution >= 0.6 is 11.8 Å². The molecule has 1 aromatic rings. The Morgan fingerprint density at radius 1 is 0.833 bits per heavy atom. The fraction of sp³-hybridized carbons (Fsp3) is 0.745. The van der Waals surface area contributed by atoms with Gasteiger partial charge >= 0.3 is 0 Å². The highest BCUT2D eigenvalue weighted by Crippen LogP contribution is 2.62. The van der Waals surface area contributed by atoms with E-state index in [4.69, 9.17) is 28.9 Å². The summed E-state index contributed by atoms with van der Waals surface area (Å²) in [5, 5.41) is 24.7. The van der Waals surface area contributed by atoms with Gasteiger partial charge in [0.1, 0.15) is 18.1 Å². The van der Waals surface area contributed by atoms with Crippen molar-refractivity contribution in [3.05, 3.63) is 60.7 Å². The highest BCUT2D eigenvalue weighted by atomic mass is 32.2. The Kier molecular flexibility index (Phi) is 22.5. The number of thioether (sulfide) groups is 1. The van der Waals surface area contributed by atoms with Crippen LogP contribution in [-0.4, -0.2) is 72.0 Å². The average molecular weight is 852 g/mol. The van der Waals surface area contributed by atoms with Crippen LogP contribution in [0, 0.1) is 17.8 Å². The second-order valence-electron chi connectivity index (χ2n) is 17.7. The fourth-order valence-electron chi connectivity index (χ4n) is 10.2. The van der Waals surface area contributed by atoms with Gasteiger partial charge in [-0.2, -0.15) is 11.8 Å². The Balaban J connectivity index is 1.40. The quantitative estimate of drug-likeness (QED) is 0.0420. The van der Waals surface area contributed by atoms with Gasteiger partial charge in [-0.25, -0.2) is 0 Å². The van der Waals surface area contributed by atoms with Gasteiger partial charge in [0.25, 0.3) is 0 Å². The lowest BCUT2D eigenvalue weighted by Gasteiger charge is -2.58. The first-order chi connectivity index (χ1) is 29.6. The standard InChI is InChI=1S/C51H81NO7S/c1-4-7-8-9-10-11-12-13-14-15-16-17-18-25-36-60-47-39-45(52-59-48-28-21-24-35-56-48)43-37-40(26-19-22-31-53)42(27-20-23-32-54)49-44-38-41(55-33-5-2)29-30-46(44)58-51(47,50(43)49)57-34-6-3/h5-6,29-30,37-38,40,42,47-50,53-54H,2-4,7-28,31-36,39H2,1H3. The van der Waals surface area contributed by atoms with E-state index in [1.807, 2.05) is 23.9 Å². The van der Waals surface area contributed by atoms with Crippen LogP contribution in [0.2, 0.25) is 0 Å². The molecule has 5 rings (SSSR count). The molecule has 0 spiro atoms. The summed E-state index contributed by atoms with van der Waals surface area (Å²) >= 11 is 1.97. The van der Waals surface area contributed by atoms with Crippen LogP contribution in [0.15, 0.2) is 60.3 Å². The Labute approximate surface area is 368 Å². The van der Waals surface area contributed by atoms with Crippen LogP contribution in [0.3, 0.4) is 0 Å². The van der Waals surface area contributed by atoms with Gasteiger partial charge < -0.3 is 34.0 Å². The van der Waals surface area contributed by atoms with Crippen LogP contribution in [0.1, 0.15) is 173 Å². The molecule has 338 valence electrons. The Bertz CT molecular complexity index is 1440. The molecule has 7 atom stereocenters. The zero-order valence-electron chi connectivity index (χ0n) is 37.3. The number of hydrogen-bond donors (Lipinski definition) is 2. The number of rotatable bonds is 32. The molecule has 1 saturated carbocycles. The van der Waals surface area contributed by atoms with E-state index >= 15 is 0 Å². The molecule has 0 radical (unpaired) electrons. The van der Waals surface area contributed by atoms with E-state index in [1.165, 1.54) is 83.5 Å². The van der Waals surface area contributed by atoms with Crippen LogP contribution < -0.4 is 9.47 Å². The number of hydrogen-bond acceptors (Lipinski definition) is 9. The van der Waals surface area contributed by atoms with E-state index in [2.05, 4.69) is 38.3 Å². The normalized spacial score (nSPS) is 26.4. The van der Waals surface area contributed by atoms with E-state index in [-0.39, 0.29) is 48.4 Å². The molecule has 2 aliphatic carbocycles. The van der Waals surface area contributed by atoms with Crippen molar-refractivity contribution in [1.29, 1.82) is 0 Å². The fourth-order valence-corrected chi connectivity index (χ4v) is 11.6. The summed E-state index contributed by atoms with van der Waals surface area (Å²) in [6.07, 6.45) is 33.5. The van der Waals surface area contributed by atoms with Crippen LogP contribution in [0.25, 0.3) is 0 Å². The second kappa shape index (κ2) is 27.7. The van der Waals surface area contributed by atoms with Gasteiger partial charge in [-0.05, 0) is 86.3 Å². The van der Waals surface area contributed by atoms with Crippen LogP contribution in [-0.2, 0) is 14.3 Å². The molecule has 2 N–H and O–H groups in total. The highest BCUT2D eigenvalue weighted by molar-refractivity contribution is 8.00. The van der Waals surface area contributed by atoms with E-state index < -0.39 is 5.79 Å². The number of aliphatic hydroxyl groups is 2. The third-order valence-corrected chi connectivity index (χ3v) is 14.6. The van der Waals surface area contributed by atoms with Gasteiger partial charge in [0, 0.05) is 37.5 Å². The number of aliphatic hydroxyl groups excluding tert-OH is 2. The van der Waals surface area contributed by atoms with Crippen molar-refractivity contribution >= 4 is 17.5 Å². The van der Waals surface area contributed by atoms with Crippen molar-refractivity contribution in [1.82, 2.24) is 0 Å². The molecule has 0 aromatic heterocycles.